The van der Waals surface area contributed by atoms with Crippen LogP contribution < -0.4 is 0 Å². The van der Waals surface area contributed by atoms with Gasteiger partial charge in [-0.3, -0.25) is 4.79 Å². The Kier molecular flexibility index (Phi) is 4.33. The second-order valence-electron chi connectivity index (χ2n) is 3.38. The Morgan fingerprint density at radius 2 is 2.47 bits per heavy atom. The first kappa shape index (κ1) is 11.7. The summed E-state index contributed by atoms with van der Waals surface area (Å²) in [5, 5.41) is 9.44. The average molecular weight is 212 g/mol. The number of methoxy groups -OCH3 is 1. The molecule has 0 bridgehead atoms. The van der Waals surface area contributed by atoms with Crippen molar-refractivity contribution >= 4 is 5.91 Å². The second kappa shape index (κ2) is 5.53. The number of aliphatic hydroxyl groups is 1. The number of carbonyl (C=O) groups is 1. The second-order valence-corrected chi connectivity index (χ2v) is 3.38. The van der Waals surface area contributed by atoms with E-state index in [1.807, 2.05) is 0 Å². The summed E-state index contributed by atoms with van der Waals surface area (Å²) in [6.07, 6.45) is 1.03. The van der Waals surface area contributed by atoms with E-state index in [-0.39, 0.29) is 19.1 Å². The molecule has 5 heteroatoms. The maximum absolute atomic E-state index is 11.7. The lowest BCUT2D eigenvalue weighted by Gasteiger charge is -2.19. The molecule has 0 aliphatic carbocycles. The number of hydrogen-bond acceptors (Lipinski definition) is 3. The smallest absolute Gasteiger partial charge is 0.270 e. The van der Waals surface area contributed by atoms with Gasteiger partial charge >= 0.3 is 0 Å². The third kappa shape index (κ3) is 3.38. The summed E-state index contributed by atoms with van der Waals surface area (Å²) in [5.41, 5.74) is 0.516. The number of rotatable bonds is 5. The Morgan fingerprint density at radius 3 is 3.00 bits per heavy atom. The molecule has 2 N–H and O–H groups in total. The Hall–Kier alpha value is -1.33. The number of hydrogen-bond donors (Lipinski definition) is 2. The van der Waals surface area contributed by atoms with Crippen molar-refractivity contribution in [2.45, 2.75) is 6.10 Å². The molecule has 0 aliphatic rings. The molecule has 15 heavy (non-hydrogen) atoms. The van der Waals surface area contributed by atoms with Crippen LogP contribution in [0.5, 0.6) is 0 Å². The van der Waals surface area contributed by atoms with Gasteiger partial charge in [0.05, 0.1) is 12.7 Å². The van der Waals surface area contributed by atoms with Crippen molar-refractivity contribution < 1.29 is 14.6 Å². The molecule has 1 amide bonds. The summed E-state index contributed by atoms with van der Waals surface area (Å²) in [6, 6.07) is 3.45. The molecule has 1 rings (SSSR count). The van der Waals surface area contributed by atoms with Gasteiger partial charge in [-0.2, -0.15) is 0 Å². The maximum Gasteiger partial charge on any atom is 0.270 e. The van der Waals surface area contributed by atoms with Crippen molar-refractivity contribution in [3.63, 3.8) is 0 Å². The number of nitrogens with zero attached hydrogens (tertiary/aromatic N) is 1. The first-order valence-electron chi connectivity index (χ1n) is 4.71. The molecule has 84 valence electrons. The Balaban J connectivity index is 2.47. The van der Waals surface area contributed by atoms with Gasteiger partial charge in [0.25, 0.3) is 5.91 Å². The number of likely N-dealkylation sites (N-methyl/N-ethyl adjacent to an activating group) is 1. The molecule has 0 aliphatic heterocycles. The van der Waals surface area contributed by atoms with Gasteiger partial charge in [0, 0.05) is 26.9 Å². The molecule has 1 atom stereocenters. The minimum Gasteiger partial charge on any atom is -0.389 e. The lowest BCUT2D eigenvalue weighted by atomic mass is 10.3. The van der Waals surface area contributed by atoms with Crippen molar-refractivity contribution in [3.05, 3.63) is 24.0 Å². The van der Waals surface area contributed by atoms with E-state index in [1.165, 1.54) is 12.0 Å². The molecular weight excluding hydrogens is 196 g/mol. The van der Waals surface area contributed by atoms with Crippen molar-refractivity contribution in [1.82, 2.24) is 9.88 Å². The van der Waals surface area contributed by atoms with Gasteiger partial charge in [0.15, 0.2) is 0 Å². The van der Waals surface area contributed by atoms with Gasteiger partial charge < -0.3 is 19.7 Å². The van der Waals surface area contributed by atoms with Gasteiger partial charge in [0.2, 0.25) is 0 Å². The van der Waals surface area contributed by atoms with Gasteiger partial charge in [-0.05, 0) is 12.1 Å². The van der Waals surface area contributed by atoms with E-state index < -0.39 is 6.10 Å². The zero-order valence-corrected chi connectivity index (χ0v) is 8.93. The summed E-state index contributed by atoms with van der Waals surface area (Å²) >= 11 is 0. The fourth-order valence-electron chi connectivity index (χ4n) is 1.31. The largest absolute Gasteiger partial charge is 0.389 e. The zero-order chi connectivity index (χ0) is 11.3. The van der Waals surface area contributed by atoms with E-state index >= 15 is 0 Å². The summed E-state index contributed by atoms with van der Waals surface area (Å²) in [7, 11) is 3.15. The maximum atomic E-state index is 11.7. The molecule has 1 unspecified atom stereocenters. The summed E-state index contributed by atoms with van der Waals surface area (Å²) in [5.74, 6) is -0.143. The van der Waals surface area contributed by atoms with Crippen LogP contribution >= 0.6 is 0 Å². The average Bonchev–Trinajstić information content (AvgIpc) is 2.69. The molecule has 1 heterocycles. The van der Waals surface area contributed by atoms with Crippen LogP contribution in [0.3, 0.4) is 0 Å². The van der Waals surface area contributed by atoms with Gasteiger partial charge in [0.1, 0.15) is 5.69 Å². The fourth-order valence-corrected chi connectivity index (χ4v) is 1.31. The number of nitrogens with one attached hydrogen (secondary N) is 1. The van der Waals surface area contributed by atoms with E-state index in [2.05, 4.69) is 4.98 Å². The van der Waals surface area contributed by atoms with Gasteiger partial charge in [-0.1, -0.05) is 0 Å². The summed E-state index contributed by atoms with van der Waals surface area (Å²) in [6.45, 7) is 0.480. The van der Waals surface area contributed by atoms with Crippen molar-refractivity contribution in [1.29, 1.82) is 0 Å². The minimum absolute atomic E-state index is 0.143. The highest BCUT2D eigenvalue weighted by Crippen LogP contribution is 2.01. The molecular formula is C10H16N2O3. The van der Waals surface area contributed by atoms with Crippen LogP contribution in [0, 0.1) is 0 Å². The highest BCUT2D eigenvalue weighted by atomic mass is 16.5. The first-order chi connectivity index (χ1) is 7.15. The number of aliphatic hydroxyl groups excluding tert-OH is 1. The van der Waals surface area contributed by atoms with Gasteiger partial charge in [-0.25, -0.2) is 0 Å². The summed E-state index contributed by atoms with van der Waals surface area (Å²) in [4.78, 5) is 16.0. The number of aromatic nitrogens is 1. The van der Waals surface area contributed by atoms with Crippen LogP contribution in [0.2, 0.25) is 0 Å². The molecule has 1 aromatic rings. The van der Waals surface area contributed by atoms with Crippen LogP contribution in [0.15, 0.2) is 18.3 Å². The van der Waals surface area contributed by atoms with Crippen LogP contribution in [0.4, 0.5) is 0 Å². The molecule has 0 saturated carbocycles. The fraction of sp³-hybridized carbons (Fsp3) is 0.500. The molecule has 0 spiro atoms. The predicted molar refractivity (Wildman–Crippen MR) is 55.6 cm³/mol. The van der Waals surface area contributed by atoms with E-state index in [4.69, 9.17) is 4.74 Å². The first-order valence-corrected chi connectivity index (χ1v) is 4.71. The third-order valence-electron chi connectivity index (χ3n) is 2.02. The van der Waals surface area contributed by atoms with E-state index in [1.54, 1.807) is 25.4 Å². The number of aromatic amines is 1. The van der Waals surface area contributed by atoms with E-state index in [0.29, 0.717) is 5.69 Å². The van der Waals surface area contributed by atoms with Crippen molar-refractivity contribution in [3.8, 4) is 0 Å². The Labute approximate surface area is 88.7 Å². The predicted octanol–water partition coefficient (Wildman–Crippen LogP) is 0.0940. The molecule has 0 aromatic carbocycles. The molecule has 5 nitrogen and oxygen atoms in total. The number of amides is 1. The van der Waals surface area contributed by atoms with E-state index in [9.17, 15) is 9.90 Å². The minimum atomic E-state index is -0.654. The number of carbonyl (C=O) groups excluding carboxylic acids is 1. The zero-order valence-electron chi connectivity index (χ0n) is 8.93. The Bertz CT molecular complexity index is 298. The van der Waals surface area contributed by atoms with E-state index in [0.717, 1.165) is 0 Å². The lowest BCUT2D eigenvalue weighted by molar-refractivity contribution is 0.0378. The molecule has 0 radical (unpaired) electrons. The van der Waals surface area contributed by atoms with Gasteiger partial charge in [-0.15, -0.1) is 0 Å². The van der Waals surface area contributed by atoms with Crippen LogP contribution in [-0.4, -0.2) is 54.3 Å². The Morgan fingerprint density at radius 1 is 1.73 bits per heavy atom. The number of ether oxygens (including phenoxy) is 1. The monoisotopic (exact) mass is 212 g/mol. The SMILES string of the molecule is COCC(O)CN(C)C(=O)c1ccc[nH]1. The van der Waals surface area contributed by atoms with Crippen LogP contribution in [0.1, 0.15) is 10.5 Å². The molecule has 0 saturated heterocycles. The molecule has 0 fully saturated rings. The van der Waals surface area contributed by atoms with Crippen molar-refractivity contribution in [2.75, 3.05) is 27.3 Å². The lowest BCUT2D eigenvalue weighted by Crippen LogP contribution is -2.36. The standard InChI is InChI=1S/C10H16N2O3/c1-12(6-8(13)7-15-2)10(14)9-4-3-5-11-9/h3-5,8,11,13H,6-7H2,1-2H3. The van der Waals surface area contributed by atoms with Crippen LogP contribution in [-0.2, 0) is 4.74 Å². The highest BCUT2D eigenvalue weighted by molar-refractivity contribution is 5.92. The van der Waals surface area contributed by atoms with Crippen LogP contribution in [0.25, 0.3) is 0 Å². The third-order valence-corrected chi connectivity index (χ3v) is 2.02. The highest BCUT2D eigenvalue weighted by Gasteiger charge is 2.15. The topological polar surface area (TPSA) is 65.6 Å². The normalized spacial score (nSPS) is 12.5. The van der Waals surface area contributed by atoms with Crippen molar-refractivity contribution in [2.24, 2.45) is 0 Å². The quantitative estimate of drug-likeness (QED) is 0.727. The molecule has 1 aromatic heterocycles. The summed E-state index contributed by atoms with van der Waals surface area (Å²) < 4.78 is 4.78. The number of H-pyrrole nitrogens is 1.